The quantitative estimate of drug-likeness (QED) is 0.256. The molecule has 5 atom stereocenters. The predicted octanol–water partition coefficient (Wildman–Crippen LogP) is -0.595. The van der Waals surface area contributed by atoms with E-state index < -0.39 is 54.5 Å². The number of rotatable bonds is 6. The second-order valence-electron chi connectivity index (χ2n) is 5.31. The van der Waals surface area contributed by atoms with E-state index in [-0.39, 0.29) is 6.61 Å². The number of carbonyl (C=O) groups is 4. The van der Waals surface area contributed by atoms with Gasteiger partial charge in [-0.05, 0) is 0 Å². The van der Waals surface area contributed by atoms with Crippen LogP contribution in [0.1, 0.15) is 27.7 Å². The van der Waals surface area contributed by atoms with E-state index in [9.17, 15) is 24.0 Å². The normalized spacial score (nSPS) is 27.5. The molecule has 11 nitrogen and oxygen atoms in total. The minimum atomic E-state index is -1.45. The summed E-state index contributed by atoms with van der Waals surface area (Å²) in [6, 6.07) is -1.33. The van der Waals surface area contributed by atoms with Crippen molar-refractivity contribution in [2.45, 2.75) is 58.3 Å². The molecule has 1 aliphatic heterocycles. The maximum Gasteiger partial charge on any atom is 0.305 e. The Balaban J connectivity index is 3.28. The van der Waals surface area contributed by atoms with E-state index in [4.69, 9.17) is 23.7 Å². The Kier molecular flexibility index (Phi) is 7.88. The maximum absolute atomic E-state index is 11.5. The van der Waals surface area contributed by atoms with Crippen LogP contribution in [0.4, 0.5) is 0 Å². The first-order chi connectivity index (χ1) is 12.1. The third-order valence-corrected chi connectivity index (χ3v) is 3.15. The van der Waals surface area contributed by atoms with E-state index in [2.05, 4.69) is 4.99 Å². The Hall–Kier alpha value is -2.78. The number of carbonyl (C=O) groups excluding carboxylic acids is 5. The molecular formula is C15H19NO10. The SMILES string of the molecule is CC(=O)OC[C@H]1O[C@@H](OC(C)=O)[C@H](N=C=O)[C@@H](OC(C)=O)[C@H]1OC(C)=O. The molecule has 144 valence electrons. The molecule has 1 rings (SSSR count). The highest BCUT2D eigenvalue weighted by molar-refractivity contribution is 5.68. The van der Waals surface area contributed by atoms with Crippen LogP contribution in [-0.2, 0) is 47.7 Å². The first-order valence-corrected chi connectivity index (χ1v) is 7.53. The molecule has 1 fully saturated rings. The van der Waals surface area contributed by atoms with Gasteiger partial charge in [0.05, 0.1) is 0 Å². The Morgan fingerprint density at radius 2 is 1.42 bits per heavy atom. The van der Waals surface area contributed by atoms with Gasteiger partial charge in [0.2, 0.25) is 12.4 Å². The van der Waals surface area contributed by atoms with Crippen molar-refractivity contribution < 1.29 is 47.7 Å². The summed E-state index contributed by atoms with van der Waals surface area (Å²) < 4.78 is 25.5. The van der Waals surface area contributed by atoms with Gasteiger partial charge in [0.1, 0.15) is 12.7 Å². The zero-order valence-corrected chi connectivity index (χ0v) is 14.6. The smallest absolute Gasteiger partial charge is 0.305 e. The van der Waals surface area contributed by atoms with Gasteiger partial charge in [-0.25, -0.2) is 4.79 Å². The molecule has 0 spiro atoms. The van der Waals surface area contributed by atoms with Gasteiger partial charge >= 0.3 is 23.9 Å². The fourth-order valence-electron chi connectivity index (χ4n) is 2.34. The molecule has 0 aromatic carbocycles. The van der Waals surface area contributed by atoms with Gasteiger partial charge in [-0.3, -0.25) is 19.2 Å². The molecule has 0 bridgehead atoms. The molecular weight excluding hydrogens is 354 g/mol. The molecule has 0 amide bonds. The van der Waals surface area contributed by atoms with Crippen molar-refractivity contribution in [3.63, 3.8) is 0 Å². The molecule has 1 heterocycles. The first kappa shape index (κ1) is 21.3. The molecule has 0 saturated carbocycles. The lowest BCUT2D eigenvalue weighted by molar-refractivity contribution is -0.266. The molecule has 1 aliphatic rings. The van der Waals surface area contributed by atoms with Crippen LogP contribution < -0.4 is 0 Å². The third kappa shape index (κ3) is 6.26. The molecule has 0 radical (unpaired) electrons. The van der Waals surface area contributed by atoms with Gasteiger partial charge in [0, 0.05) is 27.7 Å². The lowest BCUT2D eigenvalue weighted by atomic mass is 9.96. The van der Waals surface area contributed by atoms with E-state index in [1.165, 1.54) is 6.08 Å². The predicted molar refractivity (Wildman–Crippen MR) is 80.1 cm³/mol. The van der Waals surface area contributed by atoms with Crippen LogP contribution in [0.2, 0.25) is 0 Å². The van der Waals surface area contributed by atoms with E-state index in [0.29, 0.717) is 0 Å². The second kappa shape index (κ2) is 9.64. The van der Waals surface area contributed by atoms with Crippen molar-refractivity contribution in [2.75, 3.05) is 6.61 Å². The van der Waals surface area contributed by atoms with Crippen LogP contribution in [0, 0.1) is 0 Å². The van der Waals surface area contributed by atoms with Crippen LogP contribution in [0.5, 0.6) is 0 Å². The minimum Gasteiger partial charge on any atom is -0.463 e. The summed E-state index contributed by atoms with van der Waals surface area (Å²) in [6.07, 6.45) is -3.94. The van der Waals surface area contributed by atoms with Gasteiger partial charge < -0.3 is 23.7 Å². The summed E-state index contributed by atoms with van der Waals surface area (Å²) in [5, 5.41) is 0. The average Bonchev–Trinajstić information content (AvgIpc) is 2.49. The number of isocyanates is 1. The van der Waals surface area contributed by atoms with E-state index in [1.54, 1.807) is 0 Å². The number of hydrogen-bond donors (Lipinski definition) is 0. The maximum atomic E-state index is 11.5. The van der Waals surface area contributed by atoms with E-state index in [1.807, 2.05) is 0 Å². The van der Waals surface area contributed by atoms with Crippen LogP contribution in [0.3, 0.4) is 0 Å². The van der Waals surface area contributed by atoms with E-state index >= 15 is 0 Å². The van der Waals surface area contributed by atoms with Crippen molar-refractivity contribution in [3.05, 3.63) is 0 Å². The highest BCUT2D eigenvalue weighted by Crippen LogP contribution is 2.29. The largest absolute Gasteiger partial charge is 0.463 e. The number of ether oxygens (including phenoxy) is 5. The zero-order valence-electron chi connectivity index (χ0n) is 14.6. The summed E-state index contributed by atoms with van der Waals surface area (Å²) in [5.74, 6) is -2.92. The lowest BCUT2D eigenvalue weighted by Crippen LogP contribution is -2.61. The minimum absolute atomic E-state index is 0.389. The Bertz CT molecular complexity index is 612. The number of esters is 4. The van der Waals surface area contributed by atoms with Crippen LogP contribution in [0.15, 0.2) is 4.99 Å². The Morgan fingerprint density at radius 3 is 1.88 bits per heavy atom. The summed E-state index contributed by atoms with van der Waals surface area (Å²) in [6.45, 7) is 4.04. The van der Waals surface area contributed by atoms with Crippen molar-refractivity contribution >= 4 is 30.0 Å². The zero-order chi connectivity index (χ0) is 19.9. The van der Waals surface area contributed by atoms with Crippen LogP contribution in [-0.4, -0.2) is 67.2 Å². The number of nitrogens with zero attached hydrogens (tertiary/aromatic N) is 1. The van der Waals surface area contributed by atoms with Gasteiger partial charge in [-0.2, -0.15) is 4.99 Å². The summed E-state index contributed by atoms with van der Waals surface area (Å²) in [7, 11) is 0. The van der Waals surface area contributed by atoms with Crippen molar-refractivity contribution in [1.82, 2.24) is 0 Å². The second-order valence-corrected chi connectivity index (χ2v) is 5.31. The number of hydrogen-bond acceptors (Lipinski definition) is 11. The molecule has 1 saturated heterocycles. The Morgan fingerprint density at radius 1 is 0.885 bits per heavy atom. The van der Waals surface area contributed by atoms with Crippen LogP contribution in [0.25, 0.3) is 0 Å². The standard InChI is InChI=1S/C15H19NO10/c1-7(18)22-5-11-13(23-8(2)19)14(24-9(3)20)12(16-6-17)15(26-11)25-10(4)21/h11-15H,5H2,1-4H3/t11-,12-,13+,14-,15-/m1/s1. The van der Waals surface area contributed by atoms with Gasteiger partial charge in [0.15, 0.2) is 18.2 Å². The lowest BCUT2D eigenvalue weighted by Gasteiger charge is -2.42. The third-order valence-electron chi connectivity index (χ3n) is 3.15. The molecule has 0 aromatic heterocycles. The fourth-order valence-corrected chi connectivity index (χ4v) is 2.34. The first-order valence-electron chi connectivity index (χ1n) is 7.53. The molecule has 0 aromatic rings. The molecule has 0 unspecified atom stereocenters. The fraction of sp³-hybridized carbons (Fsp3) is 0.667. The monoisotopic (exact) mass is 373 g/mol. The van der Waals surface area contributed by atoms with Crippen molar-refractivity contribution in [2.24, 2.45) is 4.99 Å². The molecule has 11 heteroatoms. The van der Waals surface area contributed by atoms with Gasteiger partial charge in [-0.1, -0.05) is 0 Å². The van der Waals surface area contributed by atoms with Gasteiger partial charge in [0.25, 0.3) is 0 Å². The van der Waals surface area contributed by atoms with Crippen molar-refractivity contribution in [1.29, 1.82) is 0 Å². The molecule has 0 aliphatic carbocycles. The van der Waals surface area contributed by atoms with E-state index in [0.717, 1.165) is 27.7 Å². The summed E-state index contributed by atoms with van der Waals surface area (Å²) >= 11 is 0. The van der Waals surface area contributed by atoms with Crippen LogP contribution >= 0.6 is 0 Å². The highest BCUT2D eigenvalue weighted by Gasteiger charge is 2.52. The molecule has 0 N–H and O–H groups in total. The highest BCUT2D eigenvalue weighted by atomic mass is 16.7. The molecule has 26 heavy (non-hydrogen) atoms. The van der Waals surface area contributed by atoms with Gasteiger partial charge in [-0.15, -0.1) is 0 Å². The topological polar surface area (TPSA) is 144 Å². The Labute approximate surface area is 148 Å². The van der Waals surface area contributed by atoms with Crippen molar-refractivity contribution in [3.8, 4) is 0 Å². The summed E-state index contributed by atoms with van der Waals surface area (Å²) in [4.78, 5) is 59.5. The average molecular weight is 373 g/mol. The summed E-state index contributed by atoms with van der Waals surface area (Å²) in [5.41, 5.74) is 0. The number of aliphatic imine (C=N–C) groups is 1.